The minimum absolute atomic E-state index is 0.234. The fraction of sp³-hybridized carbons (Fsp3) is 0.105. The summed E-state index contributed by atoms with van der Waals surface area (Å²) >= 11 is 7.46. The van der Waals surface area contributed by atoms with Crippen LogP contribution in [0, 0.1) is 6.92 Å². The van der Waals surface area contributed by atoms with E-state index in [1.165, 1.54) is 23.5 Å². The zero-order valence-corrected chi connectivity index (χ0v) is 15.5. The molecule has 3 N–H and O–H groups in total. The summed E-state index contributed by atoms with van der Waals surface area (Å²) in [7, 11) is 0. The number of amides is 2. The van der Waals surface area contributed by atoms with Crippen molar-refractivity contribution in [2.75, 3.05) is 0 Å². The number of thiazole rings is 1. The average Bonchev–Trinajstić information content (AvgIpc) is 3.01. The van der Waals surface area contributed by atoms with Crippen molar-refractivity contribution < 1.29 is 9.59 Å². The molecule has 3 aromatic rings. The van der Waals surface area contributed by atoms with Crippen molar-refractivity contribution in [1.82, 2.24) is 10.3 Å². The van der Waals surface area contributed by atoms with E-state index >= 15 is 0 Å². The third-order valence-electron chi connectivity index (χ3n) is 3.79. The molecule has 1 heterocycles. The summed E-state index contributed by atoms with van der Waals surface area (Å²) in [5, 5.41) is 4.33. The van der Waals surface area contributed by atoms with Crippen LogP contribution in [0.1, 0.15) is 30.6 Å². The standard InChI is InChI=1S/C19H16ClN3O2S/c1-11-17(12-6-8-15(20)9-7-12)23-16(26-11)10-22-19(25)14-4-2-13(3-5-14)18(21)24/h2-9H,10H2,1H3,(H2,21,24)(H,22,25). The van der Waals surface area contributed by atoms with E-state index in [0.29, 0.717) is 22.7 Å². The first kappa shape index (κ1) is 18.1. The van der Waals surface area contributed by atoms with Crippen LogP contribution in [0.5, 0.6) is 0 Å². The molecule has 0 fully saturated rings. The third-order valence-corrected chi connectivity index (χ3v) is 5.01. The highest BCUT2D eigenvalue weighted by Gasteiger charge is 2.12. The second-order valence-electron chi connectivity index (χ2n) is 5.64. The molecule has 0 aliphatic rings. The Morgan fingerprint density at radius 2 is 1.69 bits per heavy atom. The van der Waals surface area contributed by atoms with Crippen LogP contribution in [-0.2, 0) is 6.54 Å². The molecule has 5 nitrogen and oxygen atoms in total. The normalized spacial score (nSPS) is 10.5. The highest BCUT2D eigenvalue weighted by atomic mass is 35.5. The van der Waals surface area contributed by atoms with Gasteiger partial charge in [-0.1, -0.05) is 23.7 Å². The lowest BCUT2D eigenvalue weighted by molar-refractivity contribution is 0.0948. The maximum Gasteiger partial charge on any atom is 0.251 e. The van der Waals surface area contributed by atoms with E-state index in [4.69, 9.17) is 17.3 Å². The number of carbonyl (C=O) groups is 2. The number of hydrogen-bond acceptors (Lipinski definition) is 4. The molecule has 2 aromatic carbocycles. The van der Waals surface area contributed by atoms with Crippen LogP contribution in [0.25, 0.3) is 11.3 Å². The maximum absolute atomic E-state index is 12.2. The Labute approximate surface area is 159 Å². The van der Waals surface area contributed by atoms with Gasteiger partial charge in [-0.3, -0.25) is 9.59 Å². The molecule has 7 heteroatoms. The third kappa shape index (κ3) is 4.09. The van der Waals surface area contributed by atoms with E-state index in [9.17, 15) is 9.59 Å². The van der Waals surface area contributed by atoms with Gasteiger partial charge >= 0.3 is 0 Å². The first-order chi connectivity index (χ1) is 12.4. The summed E-state index contributed by atoms with van der Waals surface area (Å²) in [6, 6.07) is 13.7. The van der Waals surface area contributed by atoms with Crippen molar-refractivity contribution in [3.05, 3.63) is 74.6 Å². The molecule has 26 heavy (non-hydrogen) atoms. The van der Waals surface area contributed by atoms with Crippen molar-refractivity contribution >= 4 is 34.8 Å². The fourth-order valence-corrected chi connectivity index (χ4v) is 3.47. The molecular formula is C19H16ClN3O2S. The van der Waals surface area contributed by atoms with E-state index in [0.717, 1.165) is 21.1 Å². The minimum atomic E-state index is -0.523. The van der Waals surface area contributed by atoms with Gasteiger partial charge in [0.25, 0.3) is 5.91 Å². The smallest absolute Gasteiger partial charge is 0.251 e. The van der Waals surface area contributed by atoms with E-state index < -0.39 is 5.91 Å². The van der Waals surface area contributed by atoms with Crippen LogP contribution in [0.15, 0.2) is 48.5 Å². The number of primary amides is 1. The number of benzene rings is 2. The molecule has 0 aliphatic heterocycles. The Balaban J connectivity index is 1.68. The lowest BCUT2D eigenvalue weighted by atomic mass is 10.1. The summed E-state index contributed by atoms with van der Waals surface area (Å²) in [6.07, 6.45) is 0. The number of carbonyl (C=O) groups excluding carboxylic acids is 2. The summed E-state index contributed by atoms with van der Waals surface area (Å²) < 4.78 is 0. The largest absolute Gasteiger partial charge is 0.366 e. The molecular weight excluding hydrogens is 370 g/mol. The Morgan fingerprint density at radius 3 is 2.31 bits per heavy atom. The van der Waals surface area contributed by atoms with Gasteiger partial charge in [0.15, 0.2) is 0 Å². The zero-order chi connectivity index (χ0) is 18.7. The van der Waals surface area contributed by atoms with Crippen LogP contribution in [0.2, 0.25) is 5.02 Å². The Hall–Kier alpha value is -2.70. The summed E-state index contributed by atoms with van der Waals surface area (Å²) in [4.78, 5) is 29.0. The SMILES string of the molecule is Cc1sc(CNC(=O)c2ccc(C(N)=O)cc2)nc1-c1ccc(Cl)cc1. The van der Waals surface area contributed by atoms with Gasteiger partial charge in [0.05, 0.1) is 12.2 Å². The van der Waals surface area contributed by atoms with Crippen LogP contribution in [0.4, 0.5) is 0 Å². The second kappa shape index (κ2) is 7.68. The lowest BCUT2D eigenvalue weighted by Gasteiger charge is -2.04. The monoisotopic (exact) mass is 385 g/mol. The van der Waals surface area contributed by atoms with Gasteiger partial charge in [-0.05, 0) is 43.3 Å². The molecule has 0 saturated carbocycles. The second-order valence-corrected chi connectivity index (χ2v) is 7.37. The number of aryl methyl sites for hydroxylation is 1. The fourth-order valence-electron chi connectivity index (χ4n) is 2.45. The van der Waals surface area contributed by atoms with Gasteiger partial charge in [-0.2, -0.15) is 0 Å². The van der Waals surface area contributed by atoms with Gasteiger partial charge in [0, 0.05) is 26.6 Å². The molecule has 0 radical (unpaired) electrons. The molecule has 0 aliphatic carbocycles. The van der Waals surface area contributed by atoms with E-state index in [1.807, 2.05) is 31.2 Å². The van der Waals surface area contributed by atoms with Crippen LogP contribution in [0.3, 0.4) is 0 Å². The molecule has 0 atom stereocenters. The Morgan fingerprint density at radius 1 is 1.08 bits per heavy atom. The van der Waals surface area contributed by atoms with E-state index in [1.54, 1.807) is 12.1 Å². The number of nitrogens with two attached hydrogens (primary N) is 1. The van der Waals surface area contributed by atoms with E-state index in [-0.39, 0.29) is 5.91 Å². The van der Waals surface area contributed by atoms with Crippen molar-refractivity contribution in [2.24, 2.45) is 5.73 Å². The highest BCUT2D eigenvalue weighted by molar-refractivity contribution is 7.12. The molecule has 1 aromatic heterocycles. The summed E-state index contributed by atoms with van der Waals surface area (Å²) in [5.74, 6) is -0.758. The molecule has 132 valence electrons. The van der Waals surface area contributed by atoms with Crippen molar-refractivity contribution in [1.29, 1.82) is 0 Å². The minimum Gasteiger partial charge on any atom is -0.366 e. The van der Waals surface area contributed by atoms with E-state index in [2.05, 4.69) is 10.3 Å². The number of nitrogens with zero attached hydrogens (tertiary/aromatic N) is 1. The zero-order valence-electron chi connectivity index (χ0n) is 14.0. The van der Waals surface area contributed by atoms with Gasteiger partial charge in [-0.25, -0.2) is 4.98 Å². The molecule has 2 amide bonds. The number of rotatable bonds is 5. The lowest BCUT2D eigenvalue weighted by Crippen LogP contribution is -2.22. The van der Waals surface area contributed by atoms with Crippen molar-refractivity contribution in [3.8, 4) is 11.3 Å². The average molecular weight is 386 g/mol. The van der Waals surface area contributed by atoms with Gasteiger partial charge in [0.1, 0.15) is 5.01 Å². The quantitative estimate of drug-likeness (QED) is 0.700. The summed E-state index contributed by atoms with van der Waals surface area (Å²) in [6.45, 7) is 2.32. The van der Waals surface area contributed by atoms with Gasteiger partial charge < -0.3 is 11.1 Å². The van der Waals surface area contributed by atoms with Crippen LogP contribution < -0.4 is 11.1 Å². The van der Waals surface area contributed by atoms with Crippen molar-refractivity contribution in [2.45, 2.75) is 13.5 Å². The maximum atomic E-state index is 12.2. The molecule has 0 saturated heterocycles. The molecule has 0 bridgehead atoms. The summed E-state index contributed by atoms with van der Waals surface area (Å²) in [5.41, 5.74) is 7.90. The molecule has 3 rings (SSSR count). The first-order valence-corrected chi connectivity index (χ1v) is 9.04. The predicted octanol–water partition coefficient (Wildman–Crippen LogP) is 3.80. The first-order valence-electron chi connectivity index (χ1n) is 7.84. The Kier molecular flexibility index (Phi) is 5.35. The number of nitrogens with one attached hydrogen (secondary N) is 1. The van der Waals surface area contributed by atoms with Crippen LogP contribution in [-0.4, -0.2) is 16.8 Å². The van der Waals surface area contributed by atoms with Gasteiger partial charge in [0.2, 0.25) is 5.91 Å². The molecule has 0 spiro atoms. The number of aromatic nitrogens is 1. The highest BCUT2D eigenvalue weighted by Crippen LogP contribution is 2.28. The predicted molar refractivity (Wildman–Crippen MR) is 103 cm³/mol. The molecule has 0 unspecified atom stereocenters. The topological polar surface area (TPSA) is 85.1 Å². The Bertz CT molecular complexity index is 950. The van der Waals surface area contributed by atoms with Gasteiger partial charge in [-0.15, -0.1) is 11.3 Å². The van der Waals surface area contributed by atoms with Crippen molar-refractivity contribution in [3.63, 3.8) is 0 Å². The van der Waals surface area contributed by atoms with Crippen LogP contribution >= 0.6 is 22.9 Å². The number of hydrogen-bond donors (Lipinski definition) is 2. The number of halogens is 1.